The molecule has 31 heavy (non-hydrogen) atoms. The van der Waals surface area contributed by atoms with Crippen molar-refractivity contribution < 1.29 is 22.7 Å². The Bertz CT molecular complexity index is 1050. The smallest absolute Gasteiger partial charge is 0.338 e. The Kier molecular flexibility index (Phi) is 7.00. The summed E-state index contributed by atoms with van der Waals surface area (Å²) in [5, 5.41) is 2.97. The second kappa shape index (κ2) is 9.51. The van der Waals surface area contributed by atoms with E-state index in [1.54, 1.807) is 19.1 Å². The molecular weight excluding hydrogens is 416 g/mol. The van der Waals surface area contributed by atoms with Crippen LogP contribution in [0.4, 0.5) is 5.69 Å². The van der Waals surface area contributed by atoms with Gasteiger partial charge in [0, 0.05) is 6.54 Å². The van der Waals surface area contributed by atoms with Crippen LogP contribution in [0.1, 0.15) is 54.2 Å². The fourth-order valence-corrected chi connectivity index (χ4v) is 4.67. The predicted octanol–water partition coefficient (Wildman–Crippen LogP) is 3.21. The van der Waals surface area contributed by atoms with Crippen LogP contribution >= 0.6 is 0 Å². The Morgan fingerprint density at radius 2 is 1.87 bits per heavy atom. The van der Waals surface area contributed by atoms with Crippen molar-refractivity contribution >= 4 is 27.6 Å². The van der Waals surface area contributed by atoms with Crippen LogP contribution in [0.3, 0.4) is 0 Å². The molecule has 1 amide bonds. The molecule has 1 heterocycles. The molecule has 1 N–H and O–H groups in total. The SMILES string of the molecule is CCCC(NC(=O)C(C)OC(=O)c1ccc2c(c1)CCN2S(C)(=O)=O)c1ccccc1. The van der Waals surface area contributed by atoms with Crippen LogP contribution in [0.5, 0.6) is 0 Å². The summed E-state index contributed by atoms with van der Waals surface area (Å²) >= 11 is 0. The summed E-state index contributed by atoms with van der Waals surface area (Å²) in [7, 11) is -3.35. The van der Waals surface area contributed by atoms with Gasteiger partial charge in [-0.3, -0.25) is 9.10 Å². The third kappa shape index (κ3) is 5.44. The van der Waals surface area contributed by atoms with E-state index < -0.39 is 22.1 Å². The maximum Gasteiger partial charge on any atom is 0.338 e. The molecule has 0 spiro atoms. The number of nitrogens with one attached hydrogen (secondary N) is 1. The first kappa shape index (κ1) is 22.8. The number of anilines is 1. The van der Waals surface area contributed by atoms with Gasteiger partial charge in [0.1, 0.15) is 0 Å². The Balaban J connectivity index is 1.65. The van der Waals surface area contributed by atoms with Crippen molar-refractivity contribution in [2.75, 3.05) is 17.1 Å². The number of hydrogen-bond acceptors (Lipinski definition) is 5. The molecule has 0 saturated carbocycles. The highest BCUT2D eigenvalue weighted by Gasteiger charge is 2.28. The van der Waals surface area contributed by atoms with Crippen LogP contribution in [-0.2, 0) is 26.0 Å². The second-order valence-corrected chi connectivity index (χ2v) is 9.64. The first-order valence-corrected chi connectivity index (χ1v) is 12.2. The molecule has 2 aromatic rings. The van der Waals surface area contributed by atoms with Crippen molar-refractivity contribution in [2.45, 2.75) is 45.3 Å². The maximum atomic E-state index is 12.6. The number of carbonyl (C=O) groups is 2. The number of fused-ring (bicyclic) bond motifs is 1. The van der Waals surface area contributed by atoms with Gasteiger partial charge in [0.2, 0.25) is 10.0 Å². The molecule has 166 valence electrons. The van der Waals surface area contributed by atoms with Gasteiger partial charge in [0.15, 0.2) is 6.10 Å². The van der Waals surface area contributed by atoms with Crippen molar-refractivity contribution in [1.82, 2.24) is 5.32 Å². The zero-order valence-electron chi connectivity index (χ0n) is 18.0. The predicted molar refractivity (Wildman–Crippen MR) is 119 cm³/mol. The fourth-order valence-electron chi connectivity index (χ4n) is 3.71. The van der Waals surface area contributed by atoms with E-state index in [4.69, 9.17) is 4.74 Å². The van der Waals surface area contributed by atoms with E-state index in [1.807, 2.05) is 37.3 Å². The standard InChI is InChI=1S/C23H28N2O5S/c1-4-8-20(17-9-6-5-7-10-17)24-22(26)16(2)30-23(27)19-11-12-21-18(15-19)13-14-25(21)31(3,28)29/h5-7,9-12,15-16,20H,4,8,13-14H2,1-3H3,(H,24,26). The highest BCUT2D eigenvalue weighted by molar-refractivity contribution is 7.92. The lowest BCUT2D eigenvalue weighted by molar-refractivity contribution is -0.129. The summed E-state index contributed by atoms with van der Waals surface area (Å²) in [6.07, 6.45) is 2.39. The Morgan fingerprint density at radius 3 is 2.52 bits per heavy atom. The van der Waals surface area contributed by atoms with E-state index in [2.05, 4.69) is 5.32 Å². The van der Waals surface area contributed by atoms with Crippen molar-refractivity contribution in [3.63, 3.8) is 0 Å². The zero-order valence-corrected chi connectivity index (χ0v) is 18.8. The first-order chi connectivity index (χ1) is 14.7. The summed E-state index contributed by atoms with van der Waals surface area (Å²) in [4.78, 5) is 25.2. The van der Waals surface area contributed by atoms with Crippen molar-refractivity contribution in [3.8, 4) is 0 Å². The Labute approximate surface area is 183 Å². The summed E-state index contributed by atoms with van der Waals surface area (Å²) in [6.45, 7) is 3.94. The topological polar surface area (TPSA) is 92.8 Å². The molecule has 3 rings (SSSR count). The lowest BCUT2D eigenvalue weighted by atomic mass is 10.0. The number of sulfonamides is 1. The number of carbonyl (C=O) groups excluding carboxylic acids is 2. The van der Waals surface area contributed by atoms with Gasteiger partial charge in [0.25, 0.3) is 5.91 Å². The summed E-state index contributed by atoms with van der Waals surface area (Å²) in [6, 6.07) is 14.3. The molecule has 2 atom stereocenters. The van der Waals surface area contributed by atoms with Gasteiger partial charge in [-0.05, 0) is 49.1 Å². The second-order valence-electron chi connectivity index (χ2n) is 7.74. The quantitative estimate of drug-likeness (QED) is 0.631. The van der Waals surface area contributed by atoms with E-state index in [0.29, 0.717) is 24.2 Å². The average molecular weight is 445 g/mol. The fraction of sp³-hybridized carbons (Fsp3) is 0.391. The molecule has 2 aromatic carbocycles. The number of nitrogens with zero attached hydrogens (tertiary/aromatic N) is 1. The summed E-state index contributed by atoms with van der Waals surface area (Å²) in [5.41, 5.74) is 2.64. The van der Waals surface area contributed by atoms with Crippen LogP contribution in [0.25, 0.3) is 0 Å². The monoisotopic (exact) mass is 444 g/mol. The van der Waals surface area contributed by atoms with Gasteiger partial charge in [-0.15, -0.1) is 0 Å². The van der Waals surface area contributed by atoms with Gasteiger partial charge in [-0.2, -0.15) is 0 Å². The molecule has 8 heteroatoms. The number of ether oxygens (including phenoxy) is 1. The minimum absolute atomic E-state index is 0.151. The number of esters is 1. The lowest BCUT2D eigenvalue weighted by Crippen LogP contribution is -2.38. The first-order valence-electron chi connectivity index (χ1n) is 10.4. The van der Waals surface area contributed by atoms with E-state index >= 15 is 0 Å². The number of rotatable bonds is 8. The highest BCUT2D eigenvalue weighted by atomic mass is 32.2. The van der Waals surface area contributed by atoms with Crippen LogP contribution in [0.15, 0.2) is 48.5 Å². The number of benzene rings is 2. The summed E-state index contributed by atoms with van der Waals surface area (Å²) in [5.74, 6) is -0.977. The molecule has 1 aliphatic heterocycles. The van der Waals surface area contributed by atoms with Crippen LogP contribution in [0.2, 0.25) is 0 Å². The molecule has 1 aliphatic rings. The molecule has 0 aliphatic carbocycles. The Hall–Kier alpha value is -2.87. The van der Waals surface area contributed by atoms with Gasteiger partial charge in [0.05, 0.1) is 23.5 Å². The molecular formula is C23H28N2O5S. The highest BCUT2D eigenvalue weighted by Crippen LogP contribution is 2.31. The molecule has 0 radical (unpaired) electrons. The van der Waals surface area contributed by atoms with E-state index in [9.17, 15) is 18.0 Å². The minimum Gasteiger partial charge on any atom is -0.449 e. The van der Waals surface area contributed by atoms with E-state index in [0.717, 1.165) is 30.2 Å². The van der Waals surface area contributed by atoms with Crippen LogP contribution < -0.4 is 9.62 Å². The molecule has 0 bridgehead atoms. The zero-order chi connectivity index (χ0) is 22.6. The molecule has 0 saturated heterocycles. The lowest BCUT2D eigenvalue weighted by Gasteiger charge is -2.21. The molecule has 2 unspecified atom stereocenters. The average Bonchev–Trinajstić information content (AvgIpc) is 3.17. The van der Waals surface area contributed by atoms with Gasteiger partial charge >= 0.3 is 5.97 Å². The maximum absolute atomic E-state index is 12.6. The van der Waals surface area contributed by atoms with Crippen molar-refractivity contribution in [3.05, 3.63) is 65.2 Å². The Morgan fingerprint density at radius 1 is 1.16 bits per heavy atom. The van der Waals surface area contributed by atoms with Gasteiger partial charge < -0.3 is 10.1 Å². The molecule has 7 nitrogen and oxygen atoms in total. The largest absolute Gasteiger partial charge is 0.449 e. The van der Waals surface area contributed by atoms with Crippen molar-refractivity contribution in [2.24, 2.45) is 0 Å². The van der Waals surface area contributed by atoms with Gasteiger partial charge in [-0.1, -0.05) is 43.7 Å². The van der Waals surface area contributed by atoms with E-state index in [1.165, 1.54) is 10.4 Å². The van der Waals surface area contributed by atoms with Crippen molar-refractivity contribution in [1.29, 1.82) is 0 Å². The molecule has 0 aromatic heterocycles. The normalized spacial score (nSPS) is 15.1. The third-order valence-electron chi connectivity index (χ3n) is 5.32. The van der Waals surface area contributed by atoms with Gasteiger partial charge in [-0.25, -0.2) is 13.2 Å². The summed E-state index contributed by atoms with van der Waals surface area (Å²) < 4.78 is 30.4. The molecule has 0 fully saturated rings. The number of hydrogen-bond donors (Lipinski definition) is 1. The van der Waals surface area contributed by atoms with Crippen LogP contribution in [0, 0.1) is 0 Å². The number of amides is 1. The van der Waals surface area contributed by atoms with E-state index in [-0.39, 0.29) is 11.9 Å². The minimum atomic E-state index is -3.35. The third-order valence-corrected chi connectivity index (χ3v) is 6.50. The van der Waals surface area contributed by atoms with Crippen LogP contribution in [-0.4, -0.2) is 39.2 Å².